The Bertz CT molecular complexity index is 1030. The molecule has 2 aromatic rings. The Morgan fingerprint density at radius 3 is 2.52 bits per heavy atom. The van der Waals surface area contributed by atoms with E-state index in [1.807, 2.05) is 6.07 Å². The lowest BCUT2D eigenvalue weighted by molar-refractivity contribution is -0.128. The van der Waals surface area contributed by atoms with Gasteiger partial charge in [-0.2, -0.15) is 0 Å². The molecule has 1 saturated carbocycles. The predicted octanol–water partition coefficient (Wildman–Crippen LogP) is 2.46. The number of nitrogens with one attached hydrogen (secondary N) is 1. The zero-order valence-corrected chi connectivity index (χ0v) is 16.9. The third kappa shape index (κ3) is 3.98. The molecule has 2 fully saturated rings. The molecule has 1 N–H and O–H groups in total. The molecule has 1 aliphatic heterocycles. The van der Waals surface area contributed by atoms with Crippen molar-refractivity contribution in [1.82, 2.24) is 4.90 Å². The molecule has 29 heavy (non-hydrogen) atoms. The minimum Gasteiger partial charge on any atom is -0.339 e. The molecule has 1 aliphatic carbocycles. The second kappa shape index (κ2) is 7.51. The van der Waals surface area contributed by atoms with Crippen LogP contribution in [-0.2, 0) is 19.6 Å². The van der Waals surface area contributed by atoms with Crippen molar-refractivity contribution in [3.05, 3.63) is 54.6 Å². The minimum absolute atomic E-state index is 0.0217. The third-order valence-corrected chi connectivity index (χ3v) is 7.18. The maximum absolute atomic E-state index is 13.0. The Morgan fingerprint density at radius 1 is 1.10 bits per heavy atom. The van der Waals surface area contributed by atoms with Gasteiger partial charge in [0, 0.05) is 31.7 Å². The van der Waals surface area contributed by atoms with Crippen molar-refractivity contribution < 1.29 is 18.0 Å². The number of para-hydroxylation sites is 1. The van der Waals surface area contributed by atoms with Gasteiger partial charge in [-0.15, -0.1) is 0 Å². The van der Waals surface area contributed by atoms with Crippen LogP contribution in [0, 0.1) is 5.92 Å². The lowest BCUT2D eigenvalue weighted by atomic mass is 10.1. The first-order chi connectivity index (χ1) is 13.9. The van der Waals surface area contributed by atoms with Crippen LogP contribution in [0.1, 0.15) is 19.3 Å². The SMILES string of the molecule is CN(c1ccccc1)S(=O)(=O)c1cccc(NC(=O)[C@H]2CC(=O)N(C3CC3)C2)c1. The number of carbonyl (C=O) groups is 2. The molecule has 2 aromatic carbocycles. The molecule has 2 aliphatic rings. The number of hydrogen-bond acceptors (Lipinski definition) is 4. The quantitative estimate of drug-likeness (QED) is 0.788. The van der Waals surface area contributed by atoms with Crippen LogP contribution in [0.5, 0.6) is 0 Å². The summed E-state index contributed by atoms with van der Waals surface area (Å²) in [5.74, 6) is -0.642. The van der Waals surface area contributed by atoms with Crippen LogP contribution in [0.15, 0.2) is 59.5 Å². The summed E-state index contributed by atoms with van der Waals surface area (Å²) in [6.45, 7) is 0.435. The molecule has 1 atom stereocenters. The smallest absolute Gasteiger partial charge is 0.264 e. The molecule has 7 nitrogen and oxygen atoms in total. The van der Waals surface area contributed by atoms with Gasteiger partial charge >= 0.3 is 0 Å². The van der Waals surface area contributed by atoms with Crippen molar-refractivity contribution in [3.63, 3.8) is 0 Å². The van der Waals surface area contributed by atoms with E-state index in [-0.39, 0.29) is 23.1 Å². The van der Waals surface area contributed by atoms with Gasteiger partial charge in [0.1, 0.15) is 0 Å². The second-order valence-corrected chi connectivity index (χ2v) is 9.47. The van der Waals surface area contributed by atoms with Crippen molar-refractivity contribution in [1.29, 1.82) is 0 Å². The van der Waals surface area contributed by atoms with E-state index in [0.717, 1.165) is 12.8 Å². The Labute approximate surface area is 170 Å². The highest BCUT2D eigenvalue weighted by molar-refractivity contribution is 7.92. The molecule has 1 saturated heterocycles. The van der Waals surface area contributed by atoms with Gasteiger partial charge in [-0.05, 0) is 43.2 Å². The van der Waals surface area contributed by atoms with Gasteiger partial charge in [0.25, 0.3) is 10.0 Å². The van der Waals surface area contributed by atoms with Crippen molar-refractivity contribution >= 4 is 33.2 Å². The van der Waals surface area contributed by atoms with E-state index < -0.39 is 15.9 Å². The molecule has 1 heterocycles. The van der Waals surface area contributed by atoms with E-state index in [1.165, 1.54) is 23.5 Å². The fourth-order valence-corrected chi connectivity index (χ4v) is 4.80. The minimum atomic E-state index is -3.77. The number of rotatable bonds is 6. The van der Waals surface area contributed by atoms with Crippen molar-refractivity contribution in [3.8, 4) is 0 Å². The molecule has 0 spiro atoms. The Morgan fingerprint density at radius 2 is 1.83 bits per heavy atom. The number of nitrogens with zero attached hydrogens (tertiary/aromatic N) is 2. The van der Waals surface area contributed by atoms with Crippen LogP contribution in [-0.4, -0.2) is 44.8 Å². The van der Waals surface area contributed by atoms with Crippen LogP contribution >= 0.6 is 0 Å². The average molecular weight is 413 g/mol. The topological polar surface area (TPSA) is 86.8 Å². The molecule has 152 valence electrons. The van der Waals surface area contributed by atoms with Crippen molar-refractivity contribution in [2.75, 3.05) is 23.2 Å². The highest BCUT2D eigenvalue weighted by Gasteiger charge is 2.41. The van der Waals surface area contributed by atoms with Crippen molar-refractivity contribution in [2.45, 2.75) is 30.2 Å². The molecule has 8 heteroatoms. The lowest BCUT2D eigenvalue weighted by Crippen LogP contribution is -2.30. The molecule has 0 bridgehead atoms. The number of carbonyl (C=O) groups excluding carboxylic acids is 2. The fraction of sp³-hybridized carbons (Fsp3) is 0.333. The van der Waals surface area contributed by atoms with E-state index >= 15 is 0 Å². The summed E-state index contributed by atoms with van der Waals surface area (Å²) in [7, 11) is -2.28. The highest BCUT2D eigenvalue weighted by atomic mass is 32.2. The fourth-order valence-electron chi connectivity index (χ4n) is 3.56. The largest absolute Gasteiger partial charge is 0.339 e. The number of likely N-dealkylation sites (tertiary alicyclic amines) is 1. The van der Waals surface area contributed by atoms with Crippen LogP contribution < -0.4 is 9.62 Å². The summed E-state index contributed by atoms with van der Waals surface area (Å²) in [6, 6.07) is 15.3. The maximum atomic E-state index is 13.0. The van der Waals surface area contributed by atoms with Crippen LogP contribution in [0.2, 0.25) is 0 Å². The second-order valence-electron chi connectivity index (χ2n) is 7.50. The molecule has 4 rings (SSSR count). The van der Waals surface area contributed by atoms with E-state index in [1.54, 1.807) is 41.3 Å². The van der Waals surface area contributed by atoms with Crippen molar-refractivity contribution in [2.24, 2.45) is 5.92 Å². The number of benzene rings is 2. The molecule has 0 unspecified atom stereocenters. The molecule has 2 amide bonds. The molecular weight excluding hydrogens is 390 g/mol. The first-order valence-corrected chi connectivity index (χ1v) is 11.0. The normalized spacial score (nSPS) is 19.3. The zero-order chi connectivity index (χ0) is 20.6. The van der Waals surface area contributed by atoms with E-state index in [2.05, 4.69) is 5.32 Å². The number of sulfonamides is 1. The Hall–Kier alpha value is -2.87. The van der Waals surface area contributed by atoms with Gasteiger partial charge in [0.15, 0.2) is 0 Å². The van der Waals surface area contributed by atoms with Crippen LogP contribution in [0.3, 0.4) is 0 Å². The van der Waals surface area contributed by atoms with Gasteiger partial charge in [-0.1, -0.05) is 24.3 Å². The molecular formula is C21H23N3O4S. The Balaban J connectivity index is 1.48. The summed E-state index contributed by atoms with van der Waals surface area (Å²) >= 11 is 0. The summed E-state index contributed by atoms with van der Waals surface area (Å²) < 4.78 is 27.1. The third-order valence-electron chi connectivity index (χ3n) is 5.40. The van der Waals surface area contributed by atoms with Gasteiger partial charge < -0.3 is 10.2 Å². The molecule has 0 radical (unpaired) electrons. The summed E-state index contributed by atoms with van der Waals surface area (Å²) in [6.07, 6.45) is 2.22. The van der Waals surface area contributed by atoms with Crippen LogP contribution in [0.4, 0.5) is 11.4 Å². The van der Waals surface area contributed by atoms with E-state index in [4.69, 9.17) is 0 Å². The van der Waals surface area contributed by atoms with E-state index in [0.29, 0.717) is 24.0 Å². The predicted molar refractivity (Wildman–Crippen MR) is 110 cm³/mol. The molecule has 0 aromatic heterocycles. The number of hydrogen-bond donors (Lipinski definition) is 1. The maximum Gasteiger partial charge on any atom is 0.264 e. The summed E-state index contributed by atoms with van der Waals surface area (Å²) in [4.78, 5) is 26.6. The first kappa shape index (κ1) is 19.4. The first-order valence-electron chi connectivity index (χ1n) is 9.60. The van der Waals surface area contributed by atoms with Gasteiger partial charge in [-0.3, -0.25) is 13.9 Å². The van der Waals surface area contributed by atoms with Crippen LogP contribution in [0.25, 0.3) is 0 Å². The highest BCUT2D eigenvalue weighted by Crippen LogP contribution is 2.33. The number of amides is 2. The van der Waals surface area contributed by atoms with Gasteiger partial charge in [0.2, 0.25) is 11.8 Å². The monoisotopic (exact) mass is 413 g/mol. The Kier molecular flexibility index (Phi) is 5.04. The summed E-state index contributed by atoms with van der Waals surface area (Å²) in [5, 5.41) is 2.77. The standard InChI is InChI=1S/C21H23N3O4S/c1-23(17-7-3-2-4-8-17)29(27,28)19-9-5-6-16(13-19)22-21(26)15-12-20(25)24(14-15)18-10-11-18/h2-9,13,15,18H,10-12,14H2,1H3,(H,22,26)/t15-/m0/s1. The van der Waals surface area contributed by atoms with E-state index in [9.17, 15) is 18.0 Å². The van der Waals surface area contributed by atoms with Gasteiger partial charge in [-0.25, -0.2) is 8.42 Å². The number of anilines is 2. The zero-order valence-electron chi connectivity index (χ0n) is 16.1. The van der Waals surface area contributed by atoms with Gasteiger partial charge in [0.05, 0.1) is 16.5 Å². The summed E-state index contributed by atoms with van der Waals surface area (Å²) in [5.41, 5.74) is 0.946. The lowest BCUT2D eigenvalue weighted by Gasteiger charge is -2.20. The average Bonchev–Trinajstić information content (AvgIpc) is 3.49.